The molecule has 0 saturated carbocycles. The van der Waals surface area contributed by atoms with Gasteiger partial charge in [0.2, 0.25) is 5.91 Å². The SMILES string of the molecule is Cc1ccc(N(CC(=O)NCCSCc2ccccc2Cl)S(=O)(=O)c2ccc(Cl)cc2)cc1. The summed E-state index contributed by atoms with van der Waals surface area (Å²) < 4.78 is 27.7. The van der Waals surface area contributed by atoms with Crippen molar-refractivity contribution in [1.29, 1.82) is 0 Å². The second-order valence-electron chi connectivity index (χ2n) is 7.30. The quantitative estimate of drug-likeness (QED) is 0.354. The average Bonchev–Trinajstić information content (AvgIpc) is 2.79. The number of nitrogens with one attached hydrogen (secondary N) is 1. The molecule has 0 aliphatic carbocycles. The number of anilines is 1. The van der Waals surface area contributed by atoms with Crippen LogP contribution in [0.4, 0.5) is 5.69 Å². The van der Waals surface area contributed by atoms with Crippen LogP contribution in [0.3, 0.4) is 0 Å². The second-order valence-corrected chi connectivity index (χ2v) is 11.1. The van der Waals surface area contributed by atoms with Crippen LogP contribution in [0, 0.1) is 6.92 Å². The number of amides is 1. The van der Waals surface area contributed by atoms with Gasteiger partial charge in [-0.3, -0.25) is 9.10 Å². The number of thioether (sulfide) groups is 1. The Labute approximate surface area is 209 Å². The molecule has 0 heterocycles. The molecule has 0 atom stereocenters. The maximum atomic E-state index is 13.3. The Morgan fingerprint density at radius 1 is 0.970 bits per heavy atom. The van der Waals surface area contributed by atoms with Crippen molar-refractivity contribution in [3.8, 4) is 0 Å². The third-order valence-corrected chi connectivity index (χ3v) is 8.21. The van der Waals surface area contributed by atoms with Gasteiger partial charge in [0.15, 0.2) is 0 Å². The molecule has 3 aromatic carbocycles. The number of hydrogen-bond donors (Lipinski definition) is 1. The maximum Gasteiger partial charge on any atom is 0.264 e. The first-order valence-corrected chi connectivity index (χ1v) is 13.6. The largest absolute Gasteiger partial charge is 0.354 e. The topological polar surface area (TPSA) is 66.5 Å². The predicted octanol–water partition coefficient (Wildman–Crippen LogP) is 5.55. The van der Waals surface area contributed by atoms with Crippen LogP contribution < -0.4 is 9.62 Å². The molecular formula is C24H24Cl2N2O3S2. The Kier molecular flexibility index (Phi) is 9.09. The van der Waals surface area contributed by atoms with Crippen molar-refractivity contribution in [2.75, 3.05) is 23.1 Å². The van der Waals surface area contributed by atoms with Gasteiger partial charge >= 0.3 is 0 Å². The number of benzene rings is 3. The summed E-state index contributed by atoms with van der Waals surface area (Å²) >= 11 is 13.7. The Morgan fingerprint density at radius 3 is 2.30 bits per heavy atom. The van der Waals surface area contributed by atoms with Gasteiger partial charge in [0.05, 0.1) is 10.6 Å². The van der Waals surface area contributed by atoms with Gasteiger partial charge in [-0.25, -0.2) is 8.42 Å². The fraction of sp³-hybridized carbons (Fsp3) is 0.208. The normalized spacial score (nSPS) is 11.2. The molecular weight excluding hydrogens is 499 g/mol. The van der Waals surface area contributed by atoms with Crippen LogP contribution in [0.25, 0.3) is 0 Å². The van der Waals surface area contributed by atoms with Gasteiger partial charge in [0.25, 0.3) is 10.0 Å². The molecule has 0 bridgehead atoms. The van der Waals surface area contributed by atoms with Crippen molar-refractivity contribution in [2.45, 2.75) is 17.6 Å². The Hall–Kier alpha value is -2.19. The van der Waals surface area contributed by atoms with Crippen LogP contribution in [0.15, 0.2) is 77.7 Å². The standard InChI is InChI=1S/C24H24Cl2N2O3S2/c1-18-6-10-21(11-7-18)28(33(30,31)22-12-8-20(25)9-13-22)16-24(29)27-14-15-32-17-19-4-2-3-5-23(19)26/h2-13H,14-17H2,1H3,(H,27,29). The molecule has 3 rings (SSSR count). The lowest BCUT2D eigenvalue weighted by Gasteiger charge is -2.24. The lowest BCUT2D eigenvalue weighted by Crippen LogP contribution is -2.41. The first-order chi connectivity index (χ1) is 15.8. The Morgan fingerprint density at radius 2 is 1.64 bits per heavy atom. The molecule has 0 radical (unpaired) electrons. The van der Waals surface area contributed by atoms with Crippen molar-refractivity contribution in [1.82, 2.24) is 5.32 Å². The molecule has 0 saturated heterocycles. The van der Waals surface area contributed by atoms with Crippen LogP contribution in [-0.2, 0) is 20.6 Å². The lowest BCUT2D eigenvalue weighted by molar-refractivity contribution is -0.119. The zero-order valence-corrected chi connectivity index (χ0v) is 21.1. The van der Waals surface area contributed by atoms with Crippen molar-refractivity contribution in [3.05, 3.63) is 94.0 Å². The van der Waals surface area contributed by atoms with Crippen LogP contribution in [0.2, 0.25) is 10.0 Å². The zero-order chi connectivity index (χ0) is 23.8. The van der Waals surface area contributed by atoms with Gasteiger partial charge in [-0.05, 0) is 55.0 Å². The van der Waals surface area contributed by atoms with E-state index in [0.717, 1.165) is 26.2 Å². The van der Waals surface area contributed by atoms with Crippen molar-refractivity contribution >= 4 is 56.6 Å². The maximum absolute atomic E-state index is 13.3. The van der Waals surface area contributed by atoms with E-state index in [9.17, 15) is 13.2 Å². The number of nitrogens with zero attached hydrogens (tertiary/aromatic N) is 1. The molecule has 1 amide bonds. The molecule has 0 spiro atoms. The first-order valence-electron chi connectivity index (χ1n) is 10.2. The smallest absolute Gasteiger partial charge is 0.264 e. The molecule has 174 valence electrons. The van der Waals surface area contributed by atoms with Crippen LogP contribution in [0.5, 0.6) is 0 Å². The second kappa shape index (κ2) is 11.8. The average molecular weight is 524 g/mol. The predicted molar refractivity (Wildman–Crippen MR) is 138 cm³/mol. The summed E-state index contributed by atoms with van der Waals surface area (Å²) in [5.41, 5.74) is 2.44. The fourth-order valence-electron chi connectivity index (χ4n) is 3.01. The molecule has 0 aromatic heterocycles. The highest BCUT2D eigenvalue weighted by molar-refractivity contribution is 7.98. The number of aryl methyl sites for hydroxylation is 1. The number of rotatable bonds is 10. The summed E-state index contributed by atoms with van der Waals surface area (Å²) in [4.78, 5) is 12.7. The summed E-state index contributed by atoms with van der Waals surface area (Å²) in [6.45, 7) is 1.99. The van der Waals surface area contributed by atoms with Crippen LogP contribution in [0.1, 0.15) is 11.1 Å². The highest BCUT2D eigenvalue weighted by Crippen LogP contribution is 2.25. The van der Waals surface area contributed by atoms with E-state index in [1.807, 2.05) is 43.3 Å². The van der Waals surface area contributed by atoms with Gasteiger partial charge in [0.1, 0.15) is 6.54 Å². The lowest BCUT2D eigenvalue weighted by atomic mass is 10.2. The molecule has 5 nitrogen and oxygen atoms in total. The summed E-state index contributed by atoms with van der Waals surface area (Å²) in [7, 11) is -3.96. The number of hydrogen-bond acceptors (Lipinski definition) is 4. The summed E-state index contributed by atoms with van der Waals surface area (Å²) in [5.74, 6) is 1.02. The van der Waals surface area contributed by atoms with E-state index in [1.165, 1.54) is 24.3 Å². The highest BCUT2D eigenvalue weighted by atomic mass is 35.5. The van der Waals surface area contributed by atoms with Crippen molar-refractivity contribution in [2.24, 2.45) is 0 Å². The first kappa shape index (κ1) is 25.4. The number of carbonyl (C=O) groups is 1. The van der Waals surface area contributed by atoms with E-state index < -0.39 is 10.0 Å². The summed E-state index contributed by atoms with van der Waals surface area (Å²) in [5, 5.41) is 3.96. The van der Waals surface area contributed by atoms with E-state index in [0.29, 0.717) is 23.0 Å². The van der Waals surface area contributed by atoms with Crippen molar-refractivity contribution < 1.29 is 13.2 Å². The minimum Gasteiger partial charge on any atom is -0.354 e. The highest BCUT2D eigenvalue weighted by Gasteiger charge is 2.27. The molecule has 0 unspecified atom stereocenters. The molecule has 3 aromatic rings. The molecule has 9 heteroatoms. The minimum absolute atomic E-state index is 0.0653. The van der Waals surface area contributed by atoms with E-state index in [2.05, 4.69) is 5.32 Å². The van der Waals surface area contributed by atoms with E-state index >= 15 is 0 Å². The molecule has 1 N–H and O–H groups in total. The fourth-order valence-corrected chi connectivity index (χ4v) is 5.70. The van der Waals surface area contributed by atoms with Gasteiger partial charge in [-0.1, -0.05) is 59.1 Å². The summed E-state index contributed by atoms with van der Waals surface area (Å²) in [6.07, 6.45) is 0. The monoisotopic (exact) mass is 522 g/mol. The Balaban J connectivity index is 1.64. The van der Waals surface area contributed by atoms with Crippen molar-refractivity contribution in [3.63, 3.8) is 0 Å². The number of sulfonamides is 1. The van der Waals surface area contributed by atoms with E-state index in [4.69, 9.17) is 23.2 Å². The zero-order valence-electron chi connectivity index (χ0n) is 18.0. The molecule has 0 aliphatic rings. The molecule has 0 aliphatic heterocycles. The number of carbonyl (C=O) groups excluding carboxylic acids is 1. The van der Waals surface area contributed by atoms with E-state index in [1.54, 1.807) is 23.9 Å². The van der Waals surface area contributed by atoms with Gasteiger partial charge in [-0.2, -0.15) is 11.8 Å². The third kappa shape index (κ3) is 7.14. The van der Waals surface area contributed by atoms with Crippen LogP contribution in [-0.4, -0.2) is 33.2 Å². The molecule has 33 heavy (non-hydrogen) atoms. The minimum atomic E-state index is -3.96. The molecule has 0 fully saturated rings. The van der Waals surface area contributed by atoms with Gasteiger partial charge in [-0.15, -0.1) is 0 Å². The van der Waals surface area contributed by atoms with E-state index in [-0.39, 0.29) is 17.3 Å². The Bertz CT molecular complexity index is 1190. The number of halogens is 2. The van der Waals surface area contributed by atoms with Gasteiger partial charge < -0.3 is 5.32 Å². The van der Waals surface area contributed by atoms with Gasteiger partial charge in [0, 0.05) is 28.1 Å². The third-order valence-electron chi connectivity index (χ3n) is 4.79. The van der Waals surface area contributed by atoms with Crippen LogP contribution >= 0.6 is 35.0 Å². The summed E-state index contributed by atoms with van der Waals surface area (Å²) in [6, 6.07) is 20.5.